The van der Waals surface area contributed by atoms with E-state index in [1.165, 1.54) is 12.8 Å². The van der Waals surface area contributed by atoms with Gasteiger partial charge in [-0.25, -0.2) is 0 Å². The highest BCUT2D eigenvalue weighted by Crippen LogP contribution is 2.27. The van der Waals surface area contributed by atoms with E-state index in [9.17, 15) is 0 Å². The van der Waals surface area contributed by atoms with E-state index in [2.05, 4.69) is 5.32 Å². The molecule has 0 spiro atoms. The summed E-state index contributed by atoms with van der Waals surface area (Å²) < 4.78 is 5.70. The molecular formula is C14H20ClNO. The molecule has 0 atom stereocenters. The standard InChI is InChI=1S/C14H20ClNO/c1-10-7-13(8-11(2)14(10)15)17-6-5-16-9-12-3-4-12/h7-8,12,16H,3-6,9H2,1-2H3. The number of halogens is 1. The summed E-state index contributed by atoms with van der Waals surface area (Å²) in [6.45, 7) is 6.79. The van der Waals surface area contributed by atoms with E-state index in [-0.39, 0.29) is 0 Å². The molecule has 0 aliphatic heterocycles. The lowest BCUT2D eigenvalue weighted by Crippen LogP contribution is -2.23. The van der Waals surface area contributed by atoms with Gasteiger partial charge in [-0.3, -0.25) is 0 Å². The Hall–Kier alpha value is -0.730. The molecule has 0 saturated heterocycles. The fraction of sp³-hybridized carbons (Fsp3) is 0.571. The molecule has 0 amide bonds. The molecule has 1 N–H and O–H groups in total. The van der Waals surface area contributed by atoms with Crippen LogP contribution in [0.2, 0.25) is 5.02 Å². The quantitative estimate of drug-likeness (QED) is 0.786. The zero-order chi connectivity index (χ0) is 12.3. The molecule has 2 rings (SSSR count). The summed E-state index contributed by atoms with van der Waals surface area (Å²) in [4.78, 5) is 0. The zero-order valence-corrected chi connectivity index (χ0v) is 11.3. The van der Waals surface area contributed by atoms with Crippen molar-refractivity contribution in [3.8, 4) is 5.75 Å². The van der Waals surface area contributed by atoms with Gasteiger partial charge >= 0.3 is 0 Å². The van der Waals surface area contributed by atoms with Crippen molar-refractivity contribution in [2.75, 3.05) is 19.7 Å². The summed E-state index contributed by atoms with van der Waals surface area (Å²) in [5.41, 5.74) is 2.15. The van der Waals surface area contributed by atoms with Crippen LogP contribution in [0.5, 0.6) is 5.75 Å². The molecular weight excluding hydrogens is 234 g/mol. The van der Waals surface area contributed by atoms with Gasteiger partial charge in [0.05, 0.1) is 0 Å². The lowest BCUT2D eigenvalue weighted by atomic mass is 10.1. The van der Waals surface area contributed by atoms with E-state index in [4.69, 9.17) is 16.3 Å². The van der Waals surface area contributed by atoms with Crippen LogP contribution in [-0.4, -0.2) is 19.7 Å². The number of hydrogen-bond acceptors (Lipinski definition) is 2. The molecule has 0 aromatic heterocycles. The topological polar surface area (TPSA) is 21.3 Å². The highest BCUT2D eigenvalue weighted by molar-refractivity contribution is 6.32. The van der Waals surface area contributed by atoms with Crippen LogP contribution in [0.25, 0.3) is 0 Å². The molecule has 0 unspecified atom stereocenters. The number of aryl methyl sites for hydroxylation is 2. The van der Waals surface area contributed by atoms with Gasteiger partial charge in [0.25, 0.3) is 0 Å². The Bertz CT molecular complexity index is 365. The molecule has 3 heteroatoms. The van der Waals surface area contributed by atoms with Crippen LogP contribution in [0.1, 0.15) is 24.0 Å². The van der Waals surface area contributed by atoms with Crippen molar-refractivity contribution in [3.05, 3.63) is 28.3 Å². The van der Waals surface area contributed by atoms with Gasteiger partial charge in [-0.2, -0.15) is 0 Å². The number of benzene rings is 1. The van der Waals surface area contributed by atoms with Crippen LogP contribution in [-0.2, 0) is 0 Å². The fourth-order valence-corrected chi connectivity index (χ4v) is 1.97. The molecule has 1 aromatic rings. The van der Waals surface area contributed by atoms with E-state index in [0.717, 1.165) is 40.9 Å². The van der Waals surface area contributed by atoms with E-state index in [0.29, 0.717) is 6.61 Å². The smallest absolute Gasteiger partial charge is 0.119 e. The monoisotopic (exact) mass is 253 g/mol. The average Bonchev–Trinajstić information content (AvgIpc) is 3.09. The van der Waals surface area contributed by atoms with Crippen molar-refractivity contribution in [1.29, 1.82) is 0 Å². The van der Waals surface area contributed by atoms with E-state index < -0.39 is 0 Å². The number of rotatable bonds is 6. The van der Waals surface area contributed by atoms with Gasteiger partial charge in [0.1, 0.15) is 12.4 Å². The number of hydrogen-bond donors (Lipinski definition) is 1. The van der Waals surface area contributed by atoms with Crippen molar-refractivity contribution in [2.45, 2.75) is 26.7 Å². The first-order valence-corrected chi connectivity index (χ1v) is 6.65. The lowest BCUT2D eigenvalue weighted by Gasteiger charge is -2.10. The minimum Gasteiger partial charge on any atom is -0.492 e. The molecule has 1 aromatic carbocycles. The Balaban J connectivity index is 1.73. The molecule has 0 heterocycles. The Kier molecular flexibility index (Phi) is 4.30. The molecule has 0 bridgehead atoms. The Morgan fingerprint density at radius 1 is 1.29 bits per heavy atom. The normalized spacial score (nSPS) is 15.0. The van der Waals surface area contributed by atoms with Crippen molar-refractivity contribution in [2.24, 2.45) is 5.92 Å². The summed E-state index contributed by atoms with van der Waals surface area (Å²) in [5, 5.41) is 4.24. The number of nitrogens with one attached hydrogen (secondary N) is 1. The van der Waals surface area contributed by atoms with Gasteiger partial charge < -0.3 is 10.1 Å². The molecule has 17 heavy (non-hydrogen) atoms. The Morgan fingerprint density at radius 3 is 2.53 bits per heavy atom. The SMILES string of the molecule is Cc1cc(OCCNCC2CC2)cc(C)c1Cl. The highest BCUT2D eigenvalue weighted by atomic mass is 35.5. The lowest BCUT2D eigenvalue weighted by molar-refractivity contribution is 0.313. The first-order valence-electron chi connectivity index (χ1n) is 6.27. The molecule has 1 aliphatic rings. The first kappa shape index (κ1) is 12.7. The van der Waals surface area contributed by atoms with Crippen molar-refractivity contribution < 1.29 is 4.74 Å². The fourth-order valence-electron chi connectivity index (χ4n) is 1.86. The Morgan fingerprint density at radius 2 is 1.94 bits per heavy atom. The third kappa shape index (κ3) is 3.90. The zero-order valence-electron chi connectivity index (χ0n) is 10.6. The molecule has 1 aliphatic carbocycles. The van der Waals surface area contributed by atoms with Crippen molar-refractivity contribution >= 4 is 11.6 Å². The van der Waals surface area contributed by atoms with Crippen LogP contribution >= 0.6 is 11.6 Å². The van der Waals surface area contributed by atoms with Gasteiger partial charge in [-0.15, -0.1) is 0 Å². The van der Waals surface area contributed by atoms with Crippen LogP contribution in [0.15, 0.2) is 12.1 Å². The third-order valence-electron chi connectivity index (χ3n) is 3.09. The van der Waals surface area contributed by atoms with E-state index >= 15 is 0 Å². The van der Waals surface area contributed by atoms with Gasteiger partial charge in [0.2, 0.25) is 0 Å². The maximum atomic E-state index is 6.11. The second kappa shape index (κ2) is 5.74. The van der Waals surface area contributed by atoms with Crippen LogP contribution in [0.4, 0.5) is 0 Å². The summed E-state index contributed by atoms with van der Waals surface area (Å²) >= 11 is 6.11. The van der Waals surface area contributed by atoms with Crippen molar-refractivity contribution in [3.63, 3.8) is 0 Å². The van der Waals surface area contributed by atoms with Crippen LogP contribution < -0.4 is 10.1 Å². The first-order chi connectivity index (χ1) is 8.16. The van der Waals surface area contributed by atoms with Gasteiger partial charge in [0, 0.05) is 11.6 Å². The van der Waals surface area contributed by atoms with E-state index in [1.807, 2.05) is 26.0 Å². The molecule has 94 valence electrons. The van der Waals surface area contributed by atoms with E-state index in [1.54, 1.807) is 0 Å². The van der Waals surface area contributed by atoms with Gasteiger partial charge in [0.15, 0.2) is 0 Å². The van der Waals surface area contributed by atoms with Crippen molar-refractivity contribution in [1.82, 2.24) is 5.32 Å². The second-order valence-corrected chi connectivity index (χ2v) is 5.24. The average molecular weight is 254 g/mol. The molecule has 1 saturated carbocycles. The minimum atomic E-state index is 0.716. The van der Waals surface area contributed by atoms with Crippen LogP contribution in [0.3, 0.4) is 0 Å². The largest absolute Gasteiger partial charge is 0.492 e. The van der Waals surface area contributed by atoms with Gasteiger partial charge in [-0.1, -0.05) is 11.6 Å². The maximum Gasteiger partial charge on any atom is 0.119 e. The third-order valence-corrected chi connectivity index (χ3v) is 3.68. The summed E-state index contributed by atoms with van der Waals surface area (Å²) in [6.07, 6.45) is 2.78. The van der Waals surface area contributed by atoms with Gasteiger partial charge in [-0.05, 0) is 62.4 Å². The van der Waals surface area contributed by atoms with Crippen LogP contribution in [0, 0.1) is 19.8 Å². The maximum absolute atomic E-state index is 6.11. The second-order valence-electron chi connectivity index (χ2n) is 4.87. The molecule has 2 nitrogen and oxygen atoms in total. The summed E-state index contributed by atoms with van der Waals surface area (Å²) in [7, 11) is 0. The summed E-state index contributed by atoms with van der Waals surface area (Å²) in [5.74, 6) is 1.84. The molecule has 1 fully saturated rings. The Labute approximate surface area is 108 Å². The molecule has 0 radical (unpaired) electrons. The predicted molar refractivity (Wildman–Crippen MR) is 72.0 cm³/mol. The predicted octanol–water partition coefficient (Wildman–Crippen LogP) is 3.34. The number of ether oxygens (including phenoxy) is 1. The minimum absolute atomic E-state index is 0.716. The highest BCUT2D eigenvalue weighted by Gasteiger charge is 2.19. The summed E-state index contributed by atoms with van der Waals surface area (Å²) in [6, 6.07) is 3.99.